The van der Waals surface area contributed by atoms with Crippen molar-refractivity contribution in [2.24, 2.45) is 0 Å². The lowest BCUT2D eigenvalue weighted by Gasteiger charge is -2.28. The molecule has 9 nitrogen and oxygen atoms in total. The van der Waals surface area contributed by atoms with Crippen LogP contribution in [0.25, 0.3) is 0 Å². The summed E-state index contributed by atoms with van der Waals surface area (Å²) >= 11 is 0. The molecule has 0 N–H and O–H groups in total. The van der Waals surface area contributed by atoms with E-state index in [-0.39, 0.29) is 26.1 Å². The molecule has 0 aromatic rings. The van der Waals surface area contributed by atoms with Gasteiger partial charge in [-0.1, -0.05) is 209 Å². The monoisotopic (exact) mass is 962 g/mol. The van der Waals surface area contributed by atoms with Crippen molar-refractivity contribution in [3.05, 3.63) is 60.8 Å². The molecule has 0 fully saturated rings. The van der Waals surface area contributed by atoms with Crippen molar-refractivity contribution in [2.75, 3.05) is 47.5 Å². The number of rotatable bonds is 50. The molecule has 2 unspecified atom stereocenters. The maximum atomic E-state index is 12.8. The third kappa shape index (κ3) is 52.9. The summed E-state index contributed by atoms with van der Waals surface area (Å²) in [6, 6.07) is 0. The zero-order valence-corrected chi connectivity index (χ0v) is 45.0. The summed E-state index contributed by atoms with van der Waals surface area (Å²) in [7, 11) is 1.16. The fourth-order valence-electron chi connectivity index (χ4n) is 7.44. The normalized spacial score (nSPS) is 13.8. The third-order valence-corrected chi connectivity index (χ3v) is 12.7. The molecule has 0 radical (unpaired) electrons. The Morgan fingerprint density at radius 1 is 0.463 bits per heavy atom. The molecule has 10 heteroatoms. The van der Waals surface area contributed by atoms with Crippen LogP contribution in [-0.2, 0) is 32.7 Å². The van der Waals surface area contributed by atoms with Gasteiger partial charge in [-0.2, -0.15) is 0 Å². The number of esters is 2. The molecule has 0 aliphatic rings. The van der Waals surface area contributed by atoms with Gasteiger partial charge in [0, 0.05) is 12.8 Å². The summed E-state index contributed by atoms with van der Waals surface area (Å²) in [5.41, 5.74) is 0. The Balaban J connectivity index is 4.13. The van der Waals surface area contributed by atoms with Crippen LogP contribution in [0.2, 0.25) is 0 Å². The Kier molecular flexibility index (Phi) is 47.1. The van der Waals surface area contributed by atoms with Gasteiger partial charge in [0.05, 0.1) is 27.7 Å². The second kappa shape index (κ2) is 48.7. The van der Waals surface area contributed by atoms with E-state index >= 15 is 0 Å². The summed E-state index contributed by atoms with van der Waals surface area (Å²) in [6.07, 6.45) is 61.2. The zero-order chi connectivity index (χ0) is 49.2. The van der Waals surface area contributed by atoms with E-state index in [1.165, 1.54) is 122 Å². The smallest absolute Gasteiger partial charge is 0.306 e. The third-order valence-electron chi connectivity index (χ3n) is 11.8. The minimum absolute atomic E-state index is 0.0347. The lowest BCUT2D eigenvalue weighted by molar-refractivity contribution is -0.870. The average Bonchev–Trinajstić information content (AvgIpc) is 3.29. The van der Waals surface area contributed by atoms with Crippen molar-refractivity contribution in [1.82, 2.24) is 0 Å². The van der Waals surface area contributed by atoms with E-state index in [0.29, 0.717) is 23.9 Å². The Morgan fingerprint density at radius 3 is 1.24 bits per heavy atom. The van der Waals surface area contributed by atoms with Gasteiger partial charge in [-0.15, -0.1) is 0 Å². The fraction of sp³-hybridized carbons (Fsp3) is 0.789. The molecule has 390 valence electrons. The van der Waals surface area contributed by atoms with Crippen molar-refractivity contribution in [3.8, 4) is 0 Å². The summed E-state index contributed by atoms with van der Waals surface area (Å²) < 4.78 is 34.1. The van der Waals surface area contributed by atoms with Gasteiger partial charge in [0.2, 0.25) is 0 Å². The Morgan fingerprint density at radius 2 is 0.821 bits per heavy atom. The van der Waals surface area contributed by atoms with Gasteiger partial charge < -0.3 is 27.9 Å². The molecule has 0 aromatic heterocycles. The highest BCUT2D eigenvalue weighted by molar-refractivity contribution is 7.45. The first-order chi connectivity index (χ1) is 32.5. The predicted octanol–water partition coefficient (Wildman–Crippen LogP) is 16.1. The van der Waals surface area contributed by atoms with Crippen molar-refractivity contribution < 1.29 is 42.1 Å². The van der Waals surface area contributed by atoms with E-state index in [2.05, 4.69) is 74.6 Å². The lowest BCUT2D eigenvalue weighted by atomic mass is 10.0. The van der Waals surface area contributed by atoms with E-state index in [9.17, 15) is 19.0 Å². The van der Waals surface area contributed by atoms with E-state index in [1.807, 2.05) is 21.1 Å². The first-order valence-corrected chi connectivity index (χ1v) is 29.0. The number of quaternary nitrogens is 1. The maximum absolute atomic E-state index is 12.8. The van der Waals surface area contributed by atoms with E-state index in [1.54, 1.807) is 0 Å². The summed E-state index contributed by atoms with van der Waals surface area (Å²) in [5, 5.41) is 0. The molecule has 0 aliphatic heterocycles. The zero-order valence-electron chi connectivity index (χ0n) is 44.1. The minimum Gasteiger partial charge on any atom is -0.756 e. The van der Waals surface area contributed by atoms with Crippen molar-refractivity contribution >= 4 is 19.8 Å². The number of nitrogens with zero attached hydrogens (tertiary/aromatic N) is 1. The number of unbranched alkanes of at least 4 members (excludes halogenated alkanes) is 26. The standard InChI is InChI=1S/C57H104NO8P/c1-6-8-10-12-14-16-18-20-22-23-24-25-26-27-28-29-30-31-32-33-34-35-36-38-40-42-44-46-48-50-57(60)66-55(54-65-67(61,62)64-52-51-58(3,4)5)53-63-56(59)49-47-45-43-41-39-37-21-19-17-15-13-11-9-7-2/h13,15,18-21,23-24,26-27,55H,6-12,14,16-17,22,25,28-54H2,1-5H3/b15-13-,20-18-,21-19-,24-23-,27-26-. The molecule has 0 spiro atoms. The molecule has 0 heterocycles. The minimum atomic E-state index is -4.64. The lowest BCUT2D eigenvalue weighted by Crippen LogP contribution is -2.37. The Hall–Kier alpha value is -2.29. The number of hydrogen-bond acceptors (Lipinski definition) is 8. The van der Waals surface area contributed by atoms with E-state index in [4.69, 9.17) is 18.5 Å². The molecular formula is C57H104NO8P. The SMILES string of the molecule is CCCC/C=C\C/C=C\CCCCCCCC(=O)OCC(COP(=O)([O-])OCC[N+](C)(C)C)OC(=O)CCCCCCCCCCCCCCCC/C=C\C/C=C\C/C=C\CCCCCCC. The van der Waals surface area contributed by atoms with Gasteiger partial charge in [-0.05, 0) is 77.0 Å². The van der Waals surface area contributed by atoms with Crippen LogP contribution < -0.4 is 4.89 Å². The van der Waals surface area contributed by atoms with Crippen molar-refractivity contribution in [3.63, 3.8) is 0 Å². The van der Waals surface area contributed by atoms with Gasteiger partial charge in [-0.3, -0.25) is 14.2 Å². The number of carbonyl (C=O) groups is 2. The first-order valence-electron chi connectivity index (χ1n) is 27.5. The number of allylic oxidation sites excluding steroid dienone is 10. The molecule has 0 rings (SSSR count). The van der Waals surface area contributed by atoms with Crippen LogP contribution in [-0.4, -0.2) is 70.0 Å². The van der Waals surface area contributed by atoms with Crippen LogP contribution in [0.4, 0.5) is 0 Å². The van der Waals surface area contributed by atoms with Crippen LogP contribution in [0.5, 0.6) is 0 Å². The highest BCUT2D eigenvalue weighted by Crippen LogP contribution is 2.38. The van der Waals surface area contributed by atoms with Crippen LogP contribution >= 0.6 is 7.82 Å². The summed E-state index contributed by atoms with van der Waals surface area (Å²) in [4.78, 5) is 37.7. The number of ether oxygens (including phenoxy) is 2. The number of hydrogen-bond donors (Lipinski definition) is 0. The molecule has 0 aromatic carbocycles. The van der Waals surface area contributed by atoms with Crippen LogP contribution in [0.3, 0.4) is 0 Å². The summed E-state index contributed by atoms with van der Waals surface area (Å²) in [6.45, 7) is 4.17. The van der Waals surface area contributed by atoms with Gasteiger partial charge in [0.1, 0.15) is 19.8 Å². The molecule has 67 heavy (non-hydrogen) atoms. The molecule has 2 atom stereocenters. The van der Waals surface area contributed by atoms with E-state index < -0.39 is 32.5 Å². The Labute approximate surface area is 413 Å². The van der Waals surface area contributed by atoms with Gasteiger partial charge in [0.25, 0.3) is 7.82 Å². The maximum Gasteiger partial charge on any atom is 0.306 e. The quantitative estimate of drug-likeness (QED) is 0.0195. The molecule has 0 aliphatic carbocycles. The number of likely N-dealkylation sites (N-methyl/N-ethyl adjacent to an activating group) is 1. The largest absolute Gasteiger partial charge is 0.756 e. The molecule has 0 saturated carbocycles. The predicted molar refractivity (Wildman–Crippen MR) is 282 cm³/mol. The van der Waals surface area contributed by atoms with E-state index in [0.717, 1.165) is 77.0 Å². The van der Waals surface area contributed by atoms with Crippen molar-refractivity contribution in [2.45, 2.75) is 245 Å². The second-order valence-corrected chi connectivity index (χ2v) is 21.0. The van der Waals surface area contributed by atoms with Gasteiger partial charge >= 0.3 is 11.9 Å². The van der Waals surface area contributed by atoms with Crippen LogP contribution in [0, 0.1) is 0 Å². The van der Waals surface area contributed by atoms with Crippen molar-refractivity contribution in [1.29, 1.82) is 0 Å². The van der Waals surface area contributed by atoms with Gasteiger partial charge in [0.15, 0.2) is 6.10 Å². The summed E-state index contributed by atoms with van der Waals surface area (Å²) in [5.74, 6) is -0.848. The topological polar surface area (TPSA) is 111 Å². The molecule has 0 amide bonds. The first kappa shape index (κ1) is 64.7. The number of phosphoric acid groups is 1. The fourth-order valence-corrected chi connectivity index (χ4v) is 8.17. The molecule has 0 bridgehead atoms. The van der Waals surface area contributed by atoms with Crippen LogP contribution in [0.1, 0.15) is 239 Å². The average molecular weight is 962 g/mol. The Bertz CT molecular complexity index is 1320. The molecular weight excluding hydrogens is 858 g/mol. The van der Waals surface area contributed by atoms with Crippen LogP contribution in [0.15, 0.2) is 60.8 Å². The molecule has 0 saturated heterocycles. The number of phosphoric ester groups is 1. The number of carbonyl (C=O) groups excluding carboxylic acids is 2. The second-order valence-electron chi connectivity index (χ2n) is 19.6. The van der Waals surface area contributed by atoms with Gasteiger partial charge in [-0.25, -0.2) is 0 Å². The highest BCUT2D eigenvalue weighted by atomic mass is 31.2. The highest BCUT2D eigenvalue weighted by Gasteiger charge is 2.21.